The molecule has 2 aromatic carbocycles. The van der Waals surface area contributed by atoms with Crippen molar-refractivity contribution in [3.05, 3.63) is 99.0 Å². The molecule has 1 aromatic heterocycles. The van der Waals surface area contributed by atoms with Crippen molar-refractivity contribution in [2.45, 2.75) is 30.5 Å². The van der Waals surface area contributed by atoms with Gasteiger partial charge in [-0.2, -0.15) is 0 Å². The predicted molar refractivity (Wildman–Crippen MR) is 120 cm³/mol. The summed E-state index contributed by atoms with van der Waals surface area (Å²) in [6, 6.07) is 18.5. The number of rotatable bonds is 2. The summed E-state index contributed by atoms with van der Waals surface area (Å²) in [5.74, 6) is 0.817. The number of carbonyl (C=O) groups excluding carboxylic acids is 1. The molecular weight excluding hydrogens is 394 g/mol. The van der Waals surface area contributed by atoms with Crippen LogP contribution in [0, 0.1) is 6.92 Å². The van der Waals surface area contributed by atoms with Gasteiger partial charge >= 0.3 is 0 Å². The molecule has 5 nitrogen and oxygen atoms in total. The first kappa shape index (κ1) is 19.0. The predicted octanol–water partition coefficient (Wildman–Crippen LogP) is 3.92. The summed E-state index contributed by atoms with van der Waals surface area (Å²) in [5.41, 5.74) is 4.60. The second kappa shape index (κ2) is 7.36. The van der Waals surface area contributed by atoms with E-state index in [1.54, 1.807) is 19.2 Å². The maximum Gasteiger partial charge on any atom is 0.274 e. The number of amides is 1. The first-order valence-electron chi connectivity index (χ1n) is 10.2. The largest absolute Gasteiger partial charge is 0.318 e. The Balaban J connectivity index is 1.78. The van der Waals surface area contributed by atoms with Gasteiger partial charge in [0.1, 0.15) is 12.4 Å². The van der Waals surface area contributed by atoms with E-state index in [2.05, 4.69) is 53.5 Å². The summed E-state index contributed by atoms with van der Waals surface area (Å²) < 4.78 is 1.90. The Morgan fingerprint density at radius 2 is 1.73 bits per heavy atom. The molecule has 30 heavy (non-hydrogen) atoms. The first-order valence-corrected chi connectivity index (χ1v) is 11.2. The highest BCUT2D eigenvalue weighted by molar-refractivity contribution is 7.98. The zero-order valence-electron chi connectivity index (χ0n) is 17.0. The highest BCUT2D eigenvalue weighted by Gasteiger charge is 2.37. The number of benzene rings is 2. The molecule has 0 saturated carbocycles. The molecule has 152 valence electrons. The maximum atomic E-state index is 13.1. The third-order valence-corrected chi connectivity index (χ3v) is 7.17. The average Bonchev–Trinajstić information content (AvgIpc) is 2.93. The second-order valence-corrected chi connectivity index (χ2v) is 8.69. The van der Waals surface area contributed by atoms with Crippen LogP contribution in [0.25, 0.3) is 0 Å². The van der Waals surface area contributed by atoms with Crippen LogP contribution in [-0.4, -0.2) is 28.7 Å². The molecular formula is C24H23N3O2S. The Morgan fingerprint density at radius 3 is 2.53 bits per heavy atom. The van der Waals surface area contributed by atoms with Crippen LogP contribution in [0.5, 0.6) is 0 Å². The van der Waals surface area contributed by atoms with Gasteiger partial charge in [-0.15, -0.1) is 11.8 Å². The molecule has 0 aliphatic carbocycles. The van der Waals surface area contributed by atoms with Crippen LogP contribution in [0.1, 0.15) is 45.7 Å². The lowest BCUT2D eigenvalue weighted by molar-refractivity contribution is 0.0694. The van der Waals surface area contributed by atoms with Gasteiger partial charge in [0.25, 0.3) is 5.91 Å². The number of thioether (sulfide) groups is 1. The van der Waals surface area contributed by atoms with Crippen molar-refractivity contribution in [1.29, 1.82) is 0 Å². The van der Waals surface area contributed by atoms with E-state index in [4.69, 9.17) is 0 Å². The highest BCUT2D eigenvalue weighted by atomic mass is 32.2. The van der Waals surface area contributed by atoms with Crippen LogP contribution in [0.3, 0.4) is 0 Å². The van der Waals surface area contributed by atoms with Crippen molar-refractivity contribution in [2.24, 2.45) is 0 Å². The number of nitrogens with zero attached hydrogens (tertiary/aromatic N) is 3. The normalized spacial score (nSPS) is 17.8. The highest BCUT2D eigenvalue weighted by Crippen LogP contribution is 2.42. The van der Waals surface area contributed by atoms with Crippen molar-refractivity contribution >= 4 is 17.7 Å². The number of carbonyl (C=O) groups is 1. The van der Waals surface area contributed by atoms with Crippen LogP contribution < -0.4 is 10.4 Å². The number of fused-ring (bicyclic) bond motifs is 3. The molecule has 2 aliphatic rings. The zero-order valence-corrected chi connectivity index (χ0v) is 17.9. The molecule has 0 N–H and O–H groups in total. The van der Waals surface area contributed by atoms with E-state index in [1.165, 1.54) is 21.6 Å². The monoisotopic (exact) mass is 417 g/mol. The molecule has 3 heterocycles. The quantitative estimate of drug-likeness (QED) is 0.634. The smallest absolute Gasteiger partial charge is 0.274 e. The van der Waals surface area contributed by atoms with Crippen LogP contribution in [-0.2, 0) is 5.75 Å². The molecule has 5 rings (SSSR count). The molecule has 0 saturated heterocycles. The van der Waals surface area contributed by atoms with E-state index in [0.29, 0.717) is 24.5 Å². The molecule has 1 unspecified atom stereocenters. The summed E-state index contributed by atoms with van der Waals surface area (Å²) in [6.07, 6.45) is 1.75. The minimum atomic E-state index is -0.107. The van der Waals surface area contributed by atoms with Crippen LogP contribution in [0.15, 0.2) is 70.5 Å². The van der Waals surface area contributed by atoms with E-state index in [1.807, 2.05) is 28.3 Å². The molecule has 6 heteroatoms. The van der Waals surface area contributed by atoms with Crippen LogP contribution >= 0.6 is 11.8 Å². The van der Waals surface area contributed by atoms with Gasteiger partial charge in [0.05, 0.1) is 6.04 Å². The molecule has 0 bridgehead atoms. The lowest BCUT2D eigenvalue weighted by Crippen LogP contribution is -2.55. The van der Waals surface area contributed by atoms with E-state index in [-0.39, 0.29) is 17.4 Å². The first-order chi connectivity index (χ1) is 14.6. The molecule has 3 aromatic rings. The standard InChI is InChI=1S/C24H23N3O2S/c1-3-25-15-27(26-13-12-20(28)16(2)22(26)24(25)29)23-18-9-5-4-8-17(18)14-30-21-11-7-6-10-19(21)23/h4-13,23H,3,14-15H2,1-2H3. The lowest BCUT2D eigenvalue weighted by atomic mass is 9.94. The zero-order chi connectivity index (χ0) is 20.8. The van der Waals surface area contributed by atoms with Gasteiger partial charge in [0.2, 0.25) is 0 Å². The van der Waals surface area contributed by atoms with Crippen molar-refractivity contribution in [1.82, 2.24) is 9.58 Å². The van der Waals surface area contributed by atoms with Gasteiger partial charge in [-0.25, -0.2) is 0 Å². The molecule has 0 spiro atoms. The Morgan fingerprint density at radius 1 is 1.00 bits per heavy atom. The summed E-state index contributed by atoms with van der Waals surface area (Å²) in [7, 11) is 0. The molecule has 0 radical (unpaired) electrons. The second-order valence-electron chi connectivity index (χ2n) is 7.67. The Hall–Kier alpha value is -2.99. The van der Waals surface area contributed by atoms with Gasteiger partial charge in [0.15, 0.2) is 5.43 Å². The number of hydrogen-bond acceptors (Lipinski definition) is 4. The number of aromatic nitrogens is 1. The molecule has 1 atom stereocenters. The van der Waals surface area contributed by atoms with Crippen LogP contribution in [0.4, 0.5) is 0 Å². The van der Waals surface area contributed by atoms with Crippen molar-refractivity contribution in [2.75, 3.05) is 18.2 Å². The SMILES string of the molecule is CCN1CN(C2c3ccccc3CSc3ccccc32)n2ccc(=O)c(C)c2C1=O. The summed E-state index contributed by atoms with van der Waals surface area (Å²) in [6.45, 7) is 4.77. The Labute approximate surface area is 179 Å². The summed E-state index contributed by atoms with van der Waals surface area (Å²) >= 11 is 1.85. The Kier molecular flexibility index (Phi) is 4.66. The summed E-state index contributed by atoms with van der Waals surface area (Å²) in [5, 5.41) is 2.22. The van der Waals surface area contributed by atoms with Crippen molar-refractivity contribution in [3.63, 3.8) is 0 Å². The van der Waals surface area contributed by atoms with E-state index < -0.39 is 0 Å². The van der Waals surface area contributed by atoms with Crippen molar-refractivity contribution < 1.29 is 4.79 Å². The van der Waals surface area contributed by atoms with Gasteiger partial charge in [0, 0.05) is 35.0 Å². The van der Waals surface area contributed by atoms with E-state index >= 15 is 0 Å². The third kappa shape index (κ3) is 2.86. The van der Waals surface area contributed by atoms with E-state index in [9.17, 15) is 9.59 Å². The number of hydrogen-bond donors (Lipinski definition) is 0. The lowest BCUT2D eigenvalue weighted by Gasteiger charge is -2.44. The molecule has 1 amide bonds. The minimum absolute atomic E-state index is 0.0600. The Bertz CT molecular complexity index is 1160. The van der Waals surface area contributed by atoms with Crippen molar-refractivity contribution in [3.8, 4) is 0 Å². The topological polar surface area (TPSA) is 45.5 Å². The minimum Gasteiger partial charge on any atom is -0.318 e. The fourth-order valence-corrected chi connectivity index (χ4v) is 5.51. The van der Waals surface area contributed by atoms with Gasteiger partial charge in [-0.3, -0.25) is 19.3 Å². The third-order valence-electron chi connectivity index (χ3n) is 6.03. The van der Waals surface area contributed by atoms with E-state index in [0.717, 1.165) is 5.75 Å². The maximum absolute atomic E-state index is 13.1. The fraction of sp³-hybridized carbons (Fsp3) is 0.250. The van der Waals surface area contributed by atoms with Crippen LogP contribution in [0.2, 0.25) is 0 Å². The summed E-state index contributed by atoms with van der Waals surface area (Å²) in [4.78, 5) is 28.6. The molecule has 2 aliphatic heterocycles. The molecule has 0 fully saturated rings. The fourth-order valence-electron chi connectivity index (χ4n) is 4.42. The number of pyridine rings is 1. The van der Waals surface area contributed by atoms with Gasteiger partial charge in [-0.1, -0.05) is 42.5 Å². The average molecular weight is 418 g/mol. The van der Waals surface area contributed by atoms with Gasteiger partial charge in [-0.05, 0) is 36.6 Å². The van der Waals surface area contributed by atoms with Gasteiger partial charge < -0.3 is 4.90 Å².